The molecule has 1 saturated carbocycles. The predicted molar refractivity (Wildman–Crippen MR) is 115 cm³/mol. The van der Waals surface area contributed by atoms with E-state index in [-0.39, 0.29) is 11.9 Å². The second kappa shape index (κ2) is 8.11. The van der Waals surface area contributed by atoms with Crippen LogP contribution in [-0.2, 0) is 4.79 Å². The number of amidine groups is 1. The number of para-hydroxylation sites is 1. The minimum atomic E-state index is 0.0982. The first kappa shape index (κ1) is 18.0. The van der Waals surface area contributed by atoms with Gasteiger partial charge in [-0.2, -0.15) is 0 Å². The number of thiophene rings is 1. The fraction of sp³-hybridized carbons (Fsp3) is 0.300. The van der Waals surface area contributed by atoms with Gasteiger partial charge in [0.15, 0.2) is 5.17 Å². The Morgan fingerprint density at radius 1 is 1.08 bits per heavy atom. The number of carbonyl (C=O) groups is 1. The minimum Gasteiger partial charge on any atom is -0.283 e. The topological polar surface area (TPSA) is 32.7 Å². The second-order valence-corrected chi connectivity index (χ2v) is 9.95. The minimum absolute atomic E-state index is 0.0982. The summed E-state index contributed by atoms with van der Waals surface area (Å²) in [6.45, 7) is 0. The Hall–Kier alpha value is -1.37. The van der Waals surface area contributed by atoms with Crippen LogP contribution in [0.25, 0.3) is 6.08 Å². The van der Waals surface area contributed by atoms with E-state index in [9.17, 15) is 4.79 Å². The third-order valence-electron chi connectivity index (χ3n) is 4.63. The standard InChI is InChI=1S/C20H19BrN2OS2/c21-18-12-11-16(25-18)13-17-19(24)23(15-9-5-2-6-10-15)20(26-17)22-14-7-3-1-4-8-14/h1,3-4,7-8,11-13,15H,2,5-6,9-10H2/b17-13+,22-20?. The molecule has 1 aromatic heterocycles. The van der Waals surface area contributed by atoms with Gasteiger partial charge in [-0.1, -0.05) is 37.5 Å². The van der Waals surface area contributed by atoms with E-state index in [0.717, 1.165) is 37.3 Å². The van der Waals surface area contributed by atoms with Crippen LogP contribution in [0.3, 0.4) is 0 Å². The number of hydrogen-bond acceptors (Lipinski definition) is 4. The summed E-state index contributed by atoms with van der Waals surface area (Å²) in [6, 6.07) is 14.2. The fourth-order valence-electron chi connectivity index (χ4n) is 3.37. The predicted octanol–water partition coefficient (Wildman–Crippen LogP) is 6.45. The lowest BCUT2D eigenvalue weighted by molar-refractivity contribution is -0.124. The van der Waals surface area contributed by atoms with Crippen molar-refractivity contribution in [1.29, 1.82) is 0 Å². The van der Waals surface area contributed by atoms with Gasteiger partial charge in [0.1, 0.15) is 0 Å². The van der Waals surface area contributed by atoms with Crippen molar-refractivity contribution in [3.63, 3.8) is 0 Å². The number of benzene rings is 1. The molecule has 0 atom stereocenters. The Bertz CT molecular complexity index is 854. The van der Waals surface area contributed by atoms with E-state index in [4.69, 9.17) is 4.99 Å². The Morgan fingerprint density at radius 3 is 2.54 bits per heavy atom. The van der Waals surface area contributed by atoms with E-state index >= 15 is 0 Å². The number of aliphatic imine (C=N–C) groups is 1. The molecule has 1 aromatic carbocycles. The van der Waals surface area contributed by atoms with Crippen molar-refractivity contribution in [2.75, 3.05) is 0 Å². The highest BCUT2D eigenvalue weighted by Gasteiger charge is 2.38. The number of hydrogen-bond donors (Lipinski definition) is 0. The molecule has 0 N–H and O–H groups in total. The second-order valence-electron chi connectivity index (χ2n) is 6.45. The van der Waals surface area contributed by atoms with Crippen LogP contribution >= 0.6 is 39.0 Å². The van der Waals surface area contributed by atoms with E-state index in [2.05, 4.69) is 15.9 Å². The summed E-state index contributed by atoms with van der Waals surface area (Å²) >= 11 is 6.62. The maximum absolute atomic E-state index is 13.2. The highest BCUT2D eigenvalue weighted by atomic mass is 79.9. The third kappa shape index (κ3) is 3.97. The molecule has 3 nitrogen and oxygen atoms in total. The first-order valence-corrected chi connectivity index (χ1v) is 11.3. The Kier molecular flexibility index (Phi) is 5.62. The number of amides is 1. The lowest BCUT2D eigenvalue weighted by Gasteiger charge is -2.30. The number of thioether (sulfide) groups is 1. The van der Waals surface area contributed by atoms with Crippen molar-refractivity contribution in [2.45, 2.75) is 38.1 Å². The van der Waals surface area contributed by atoms with Gasteiger partial charge < -0.3 is 0 Å². The average Bonchev–Trinajstić information content (AvgIpc) is 3.20. The molecule has 2 heterocycles. The van der Waals surface area contributed by atoms with Crippen LogP contribution in [0.15, 0.2) is 56.1 Å². The van der Waals surface area contributed by atoms with Gasteiger partial charge in [-0.15, -0.1) is 11.3 Å². The Morgan fingerprint density at radius 2 is 1.85 bits per heavy atom. The number of halogens is 1. The molecule has 26 heavy (non-hydrogen) atoms. The van der Waals surface area contributed by atoms with Crippen molar-refractivity contribution in [3.8, 4) is 0 Å². The van der Waals surface area contributed by atoms with Crippen LogP contribution in [0.4, 0.5) is 5.69 Å². The molecular weight excluding hydrogens is 428 g/mol. The van der Waals surface area contributed by atoms with Crippen molar-refractivity contribution < 1.29 is 4.79 Å². The van der Waals surface area contributed by atoms with Crippen LogP contribution < -0.4 is 0 Å². The van der Waals surface area contributed by atoms with Crippen molar-refractivity contribution in [2.24, 2.45) is 4.99 Å². The molecule has 6 heteroatoms. The van der Waals surface area contributed by atoms with Crippen molar-refractivity contribution in [1.82, 2.24) is 4.90 Å². The summed E-state index contributed by atoms with van der Waals surface area (Å²) in [5, 5.41) is 0.815. The summed E-state index contributed by atoms with van der Waals surface area (Å²) in [4.78, 5) is 21.8. The SMILES string of the molecule is O=C1/C(=C\c2ccc(Br)s2)SC(=Nc2ccccc2)N1C1CCCCC1. The molecule has 0 radical (unpaired) electrons. The normalized spacial score (nSPS) is 21.9. The maximum atomic E-state index is 13.2. The van der Waals surface area contributed by atoms with Crippen LogP contribution in [0.1, 0.15) is 37.0 Å². The van der Waals surface area contributed by atoms with Gasteiger partial charge in [-0.05, 0) is 70.9 Å². The summed E-state index contributed by atoms with van der Waals surface area (Å²) in [6.07, 6.45) is 7.77. The summed E-state index contributed by atoms with van der Waals surface area (Å²) in [7, 11) is 0. The van der Waals surface area contributed by atoms with Gasteiger partial charge in [0, 0.05) is 10.9 Å². The highest BCUT2D eigenvalue weighted by Crippen LogP contribution is 2.39. The molecule has 4 rings (SSSR count). The van der Waals surface area contributed by atoms with Gasteiger partial charge in [0.2, 0.25) is 0 Å². The van der Waals surface area contributed by atoms with E-state index in [1.54, 1.807) is 11.3 Å². The zero-order valence-corrected chi connectivity index (χ0v) is 17.4. The lowest BCUT2D eigenvalue weighted by atomic mass is 9.94. The number of nitrogens with zero attached hydrogens (tertiary/aromatic N) is 2. The number of rotatable bonds is 3. The van der Waals surface area contributed by atoms with Gasteiger partial charge in [0.05, 0.1) is 14.4 Å². The van der Waals surface area contributed by atoms with Crippen LogP contribution in [-0.4, -0.2) is 22.0 Å². The van der Waals surface area contributed by atoms with E-state index in [1.165, 1.54) is 31.0 Å². The van der Waals surface area contributed by atoms with Crippen LogP contribution in [0.2, 0.25) is 0 Å². The summed E-state index contributed by atoms with van der Waals surface area (Å²) in [5.74, 6) is 0.0982. The van der Waals surface area contributed by atoms with Gasteiger partial charge in [0.25, 0.3) is 5.91 Å². The quantitative estimate of drug-likeness (QED) is 0.507. The lowest BCUT2D eigenvalue weighted by Crippen LogP contribution is -2.40. The molecule has 0 unspecified atom stereocenters. The molecule has 2 aromatic rings. The van der Waals surface area contributed by atoms with Gasteiger partial charge >= 0.3 is 0 Å². The summed E-state index contributed by atoms with van der Waals surface area (Å²) < 4.78 is 1.07. The van der Waals surface area contributed by atoms with Gasteiger partial charge in [-0.25, -0.2) is 4.99 Å². The van der Waals surface area contributed by atoms with Crippen LogP contribution in [0, 0.1) is 0 Å². The van der Waals surface area contributed by atoms with Crippen molar-refractivity contribution in [3.05, 3.63) is 56.0 Å². The zero-order chi connectivity index (χ0) is 17.9. The highest BCUT2D eigenvalue weighted by molar-refractivity contribution is 9.11. The zero-order valence-electron chi connectivity index (χ0n) is 14.2. The van der Waals surface area contributed by atoms with E-state index in [0.29, 0.717) is 0 Å². The number of carbonyl (C=O) groups excluding carboxylic acids is 1. The Balaban J connectivity index is 1.69. The van der Waals surface area contributed by atoms with E-state index < -0.39 is 0 Å². The maximum Gasteiger partial charge on any atom is 0.267 e. The molecule has 1 aliphatic carbocycles. The first-order chi connectivity index (χ1) is 12.7. The third-order valence-corrected chi connectivity index (χ3v) is 7.18. The van der Waals surface area contributed by atoms with E-state index in [1.807, 2.05) is 53.4 Å². The largest absolute Gasteiger partial charge is 0.283 e. The monoisotopic (exact) mass is 446 g/mol. The Labute approximate surface area is 170 Å². The van der Waals surface area contributed by atoms with Crippen molar-refractivity contribution >= 4 is 61.9 Å². The van der Waals surface area contributed by atoms with Gasteiger partial charge in [-0.3, -0.25) is 9.69 Å². The fourth-order valence-corrected chi connectivity index (χ4v) is 5.87. The molecule has 2 aliphatic rings. The first-order valence-electron chi connectivity index (χ1n) is 8.83. The molecule has 1 amide bonds. The molecule has 1 saturated heterocycles. The summed E-state index contributed by atoms with van der Waals surface area (Å²) in [5.41, 5.74) is 0.892. The smallest absolute Gasteiger partial charge is 0.267 e. The average molecular weight is 447 g/mol. The van der Waals surface area contributed by atoms with Crippen LogP contribution in [0.5, 0.6) is 0 Å². The molecule has 2 fully saturated rings. The molecule has 134 valence electrons. The molecule has 1 aliphatic heterocycles. The molecule has 0 spiro atoms. The molecular formula is C20H19BrN2OS2. The molecule has 0 bridgehead atoms.